The number of rotatable bonds is 4. The van der Waals surface area contributed by atoms with Gasteiger partial charge in [-0.1, -0.05) is 32.9 Å². The molecule has 1 rings (SSSR count). The van der Waals surface area contributed by atoms with E-state index in [-0.39, 0.29) is 17.1 Å². The summed E-state index contributed by atoms with van der Waals surface area (Å²) in [4.78, 5) is 13.7. The topological polar surface area (TPSA) is 46.3 Å². The molecule has 0 aliphatic rings. The van der Waals surface area contributed by atoms with Crippen LogP contribution in [-0.4, -0.2) is 30.4 Å². The molecule has 0 aliphatic carbocycles. The van der Waals surface area contributed by atoms with Crippen LogP contribution in [0.2, 0.25) is 0 Å². The maximum atomic E-state index is 12.8. The molecule has 0 spiro atoms. The van der Waals surface area contributed by atoms with Gasteiger partial charge in [-0.2, -0.15) is 0 Å². The van der Waals surface area contributed by atoms with Crippen LogP contribution in [-0.2, 0) is 11.2 Å². The number of nitrogens with zero attached hydrogens (tertiary/aromatic N) is 1. The van der Waals surface area contributed by atoms with E-state index in [4.69, 9.17) is 5.73 Å². The number of amides is 1. The molecule has 0 saturated carbocycles. The van der Waals surface area contributed by atoms with Crippen molar-refractivity contribution >= 4 is 5.91 Å². The lowest BCUT2D eigenvalue weighted by Crippen LogP contribution is -2.49. The number of carbonyl (C=O) groups excluding carboxylic acids is 1. The van der Waals surface area contributed by atoms with Crippen LogP contribution in [0, 0.1) is 11.2 Å². The Morgan fingerprint density at radius 1 is 1.32 bits per heavy atom. The highest BCUT2D eigenvalue weighted by molar-refractivity contribution is 5.82. The number of nitrogens with two attached hydrogens (primary N) is 1. The molecule has 1 amide bonds. The Kier molecular flexibility index (Phi) is 5.06. The summed E-state index contributed by atoms with van der Waals surface area (Å²) in [5.74, 6) is -0.308. The Bertz CT molecular complexity index is 423. The van der Waals surface area contributed by atoms with Crippen molar-refractivity contribution in [3.8, 4) is 0 Å². The molecule has 1 aromatic carbocycles. The van der Waals surface area contributed by atoms with Crippen molar-refractivity contribution in [2.45, 2.75) is 33.2 Å². The summed E-state index contributed by atoms with van der Waals surface area (Å²) in [5.41, 5.74) is 6.70. The number of hydrogen-bond acceptors (Lipinski definition) is 2. The van der Waals surface area contributed by atoms with Crippen LogP contribution in [0.5, 0.6) is 0 Å². The van der Waals surface area contributed by atoms with E-state index in [0.717, 1.165) is 5.56 Å². The first-order chi connectivity index (χ1) is 8.71. The average molecular weight is 266 g/mol. The fraction of sp³-hybridized carbons (Fsp3) is 0.533. The Balaban J connectivity index is 2.53. The van der Waals surface area contributed by atoms with Crippen LogP contribution >= 0.6 is 0 Å². The first-order valence-corrected chi connectivity index (χ1v) is 6.47. The van der Waals surface area contributed by atoms with E-state index in [1.165, 1.54) is 12.1 Å². The predicted molar refractivity (Wildman–Crippen MR) is 75.2 cm³/mol. The molecule has 1 aromatic rings. The van der Waals surface area contributed by atoms with Crippen molar-refractivity contribution in [3.63, 3.8) is 0 Å². The van der Waals surface area contributed by atoms with Gasteiger partial charge in [0.2, 0.25) is 5.91 Å². The van der Waals surface area contributed by atoms with Crippen LogP contribution in [0.15, 0.2) is 24.3 Å². The molecule has 0 fully saturated rings. The van der Waals surface area contributed by atoms with E-state index < -0.39 is 6.04 Å². The first-order valence-electron chi connectivity index (χ1n) is 6.47. The second-order valence-electron chi connectivity index (χ2n) is 5.98. The Labute approximate surface area is 114 Å². The molecular formula is C15H23FN2O. The summed E-state index contributed by atoms with van der Waals surface area (Å²) in [6, 6.07) is 5.82. The molecule has 19 heavy (non-hydrogen) atoms. The molecule has 106 valence electrons. The van der Waals surface area contributed by atoms with Gasteiger partial charge in [0, 0.05) is 13.6 Å². The molecule has 0 bridgehead atoms. The zero-order valence-corrected chi connectivity index (χ0v) is 12.1. The van der Waals surface area contributed by atoms with Crippen molar-refractivity contribution in [2.75, 3.05) is 13.6 Å². The molecule has 4 heteroatoms. The third-order valence-corrected chi connectivity index (χ3v) is 3.22. The summed E-state index contributed by atoms with van der Waals surface area (Å²) in [7, 11) is 1.75. The van der Waals surface area contributed by atoms with Crippen molar-refractivity contribution in [2.24, 2.45) is 11.1 Å². The van der Waals surface area contributed by atoms with Crippen molar-refractivity contribution < 1.29 is 9.18 Å². The van der Waals surface area contributed by atoms with Crippen LogP contribution in [0.4, 0.5) is 4.39 Å². The SMILES string of the molecule is CN(CCc1ccc(F)cc1)C(=O)[C@@H](N)C(C)(C)C. The smallest absolute Gasteiger partial charge is 0.239 e. The summed E-state index contributed by atoms with van der Waals surface area (Å²) in [5, 5.41) is 0. The fourth-order valence-corrected chi connectivity index (χ4v) is 1.67. The van der Waals surface area contributed by atoms with Gasteiger partial charge in [0.15, 0.2) is 0 Å². The maximum absolute atomic E-state index is 12.8. The van der Waals surface area contributed by atoms with Gasteiger partial charge >= 0.3 is 0 Å². The molecule has 0 unspecified atom stereocenters. The van der Waals surface area contributed by atoms with Crippen molar-refractivity contribution in [1.82, 2.24) is 4.90 Å². The molecule has 0 aliphatic heterocycles. The van der Waals surface area contributed by atoms with Crippen LogP contribution < -0.4 is 5.73 Å². The molecule has 0 saturated heterocycles. The van der Waals surface area contributed by atoms with Gasteiger partial charge in [0.05, 0.1) is 6.04 Å². The zero-order chi connectivity index (χ0) is 14.6. The summed E-state index contributed by atoms with van der Waals surface area (Å²) in [6.45, 7) is 6.42. The first kappa shape index (κ1) is 15.6. The quantitative estimate of drug-likeness (QED) is 0.908. The molecule has 2 N–H and O–H groups in total. The van der Waals surface area contributed by atoms with Gasteiger partial charge in [0.1, 0.15) is 5.82 Å². The molecule has 1 atom stereocenters. The number of carbonyl (C=O) groups is 1. The molecule has 3 nitrogen and oxygen atoms in total. The highest BCUT2D eigenvalue weighted by Gasteiger charge is 2.29. The molecule has 0 radical (unpaired) electrons. The summed E-state index contributed by atoms with van der Waals surface area (Å²) >= 11 is 0. The van der Waals surface area contributed by atoms with Gasteiger partial charge in [-0.25, -0.2) is 4.39 Å². The fourth-order valence-electron chi connectivity index (χ4n) is 1.67. The van der Waals surface area contributed by atoms with Gasteiger partial charge in [0.25, 0.3) is 0 Å². The zero-order valence-electron chi connectivity index (χ0n) is 12.1. The standard InChI is InChI=1S/C15H23FN2O/c1-15(2,3)13(17)14(19)18(4)10-9-11-5-7-12(16)8-6-11/h5-8,13H,9-10,17H2,1-4H3/t13-/m1/s1. The average Bonchev–Trinajstić information content (AvgIpc) is 2.34. The van der Waals surface area contributed by atoms with Crippen LogP contribution in [0.25, 0.3) is 0 Å². The lowest BCUT2D eigenvalue weighted by molar-refractivity contribution is -0.133. The summed E-state index contributed by atoms with van der Waals surface area (Å²) in [6.07, 6.45) is 0.694. The van der Waals surface area contributed by atoms with E-state index in [2.05, 4.69) is 0 Å². The second-order valence-corrected chi connectivity index (χ2v) is 5.98. The van der Waals surface area contributed by atoms with Crippen molar-refractivity contribution in [1.29, 1.82) is 0 Å². The number of hydrogen-bond donors (Lipinski definition) is 1. The Hall–Kier alpha value is -1.42. The normalized spacial score (nSPS) is 13.2. The molecule has 0 heterocycles. The van der Waals surface area contributed by atoms with E-state index in [0.29, 0.717) is 13.0 Å². The Morgan fingerprint density at radius 3 is 2.32 bits per heavy atom. The monoisotopic (exact) mass is 266 g/mol. The number of likely N-dealkylation sites (N-methyl/N-ethyl adjacent to an activating group) is 1. The Morgan fingerprint density at radius 2 is 1.84 bits per heavy atom. The minimum absolute atomic E-state index is 0.0605. The van der Waals surface area contributed by atoms with Gasteiger partial charge in [-0.15, -0.1) is 0 Å². The maximum Gasteiger partial charge on any atom is 0.239 e. The van der Waals surface area contributed by atoms with E-state index in [1.807, 2.05) is 20.8 Å². The largest absolute Gasteiger partial charge is 0.344 e. The number of benzene rings is 1. The second kappa shape index (κ2) is 6.15. The van der Waals surface area contributed by atoms with E-state index in [1.54, 1.807) is 24.1 Å². The minimum atomic E-state index is -0.509. The summed E-state index contributed by atoms with van der Waals surface area (Å²) < 4.78 is 12.8. The molecule has 0 aromatic heterocycles. The molecular weight excluding hydrogens is 243 g/mol. The lowest BCUT2D eigenvalue weighted by atomic mass is 9.86. The van der Waals surface area contributed by atoms with Crippen molar-refractivity contribution in [3.05, 3.63) is 35.6 Å². The lowest BCUT2D eigenvalue weighted by Gasteiger charge is -2.30. The minimum Gasteiger partial charge on any atom is -0.344 e. The van der Waals surface area contributed by atoms with Crippen LogP contribution in [0.1, 0.15) is 26.3 Å². The predicted octanol–water partition coefficient (Wildman–Crippen LogP) is 2.20. The number of halogens is 1. The highest BCUT2D eigenvalue weighted by Crippen LogP contribution is 2.18. The van der Waals surface area contributed by atoms with Gasteiger partial charge in [-0.3, -0.25) is 4.79 Å². The van der Waals surface area contributed by atoms with E-state index in [9.17, 15) is 9.18 Å². The van der Waals surface area contributed by atoms with E-state index >= 15 is 0 Å². The third-order valence-electron chi connectivity index (χ3n) is 3.22. The third kappa shape index (κ3) is 4.63. The van der Waals surface area contributed by atoms with Crippen LogP contribution in [0.3, 0.4) is 0 Å². The highest BCUT2D eigenvalue weighted by atomic mass is 19.1. The van der Waals surface area contributed by atoms with Gasteiger partial charge < -0.3 is 10.6 Å². The van der Waals surface area contributed by atoms with Gasteiger partial charge in [-0.05, 0) is 29.5 Å².